The number of carbonyl (C=O) groups excluding carboxylic acids is 1. The lowest BCUT2D eigenvalue weighted by molar-refractivity contribution is -0.212. The van der Waals surface area contributed by atoms with E-state index in [1.807, 2.05) is 12.1 Å². The molecule has 6 atom stereocenters. The van der Waals surface area contributed by atoms with Gasteiger partial charge in [-0.2, -0.15) is 0 Å². The Hall–Kier alpha value is -1.39. The maximum Gasteiger partial charge on any atom is 0.163 e. The molecule has 0 bridgehead atoms. The number of carbonyl (C=O) groups is 1. The first-order chi connectivity index (χ1) is 13.6. The minimum atomic E-state index is -0.0202. The van der Waals surface area contributed by atoms with E-state index in [4.69, 9.17) is 14.2 Å². The molecule has 152 valence electrons. The molecule has 1 heterocycles. The van der Waals surface area contributed by atoms with E-state index in [2.05, 4.69) is 13.0 Å². The van der Waals surface area contributed by atoms with Crippen LogP contribution in [0.4, 0.5) is 0 Å². The molecule has 4 aliphatic rings. The predicted octanol–water partition coefficient (Wildman–Crippen LogP) is 5.10. The summed E-state index contributed by atoms with van der Waals surface area (Å²) in [4.78, 5) is 13.0. The quantitative estimate of drug-likeness (QED) is 0.727. The normalized spacial score (nSPS) is 39.8. The smallest absolute Gasteiger partial charge is 0.163 e. The number of benzene rings is 1. The average Bonchev–Trinajstić information content (AvgIpc) is 3.05. The summed E-state index contributed by atoms with van der Waals surface area (Å²) in [6.07, 6.45) is 8.92. The topological polar surface area (TPSA) is 44.8 Å². The summed E-state index contributed by atoms with van der Waals surface area (Å²) < 4.78 is 17.7. The Labute approximate surface area is 167 Å². The highest BCUT2D eigenvalue weighted by molar-refractivity contribution is 5.99. The molecular formula is C24H32O4. The van der Waals surface area contributed by atoms with E-state index in [9.17, 15) is 4.79 Å². The first-order valence-electron chi connectivity index (χ1n) is 11.1. The molecule has 1 aliphatic heterocycles. The van der Waals surface area contributed by atoms with Crippen molar-refractivity contribution in [3.05, 3.63) is 29.3 Å². The van der Waals surface area contributed by atoms with Gasteiger partial charge in [0.15, 0.2) is 12.1 Å². The van der Waals surface area contributed by atoms with Crippen LogP contribution in [0.5, 0.6) is 5.75 Å². The van der Waals surface area contributed by atoms with Gasteiger partial charge in [-0.15, -0.1) is 0 Å². The third kappa shape index (κ3) is 2.91. The molecule has 5 rings (SSSR count). The lowest BCUT2D eigenvalue weighted by Crippen LogP contribution is -2.46. The molecule has 4 heteroatoms. The van der Waals surface area contributed by atoms with E-state index in [0.29, 0.717) is 30.0 Å². The highest BCUT2D eigenvalue weighted by atomic mass is 16.7. The van der Waals surface area contributed by atoms with Gasteiger partial charge < -0.3 is 14.2 Å². The molecule has 1 unspecified atom stereocenters. The lowest BCUT2D eigenvalue weighted by atomic mass is 9.55. The zero-order chi connectivity index (χ0) is 19.3. The molecule has 1 saturated heterocycles. The SMILES string of the molecule is COc1ccc2c(c1)C(=O)C[C@@H]1[C@@H]2CC[C@]2(C)[C@@H](OC3CCCCO3)CC[C@@H]12. The highest BCUT2D eigenvalue weighted by Crippen LogP contribution is 2.61. The maximum atomic E-state index is 13.0. The number of hydrogen-bond acceptors (Lipinski definition) is 4. The minimum absolute atomic E-state index is 0.0202. The van der Waals surface area contributed by atoms with Crippen LogP contribution in [0.1, 0.15) is 80.1 Å². The average molecular weight is 385 g/mol. The summed E-state index contributed by atoms with van der Waals surface area (Å²) in [5, 5.41) is 0. The van der Waals surface area contributed by atoms with Gasteiger partial charge in [0.1, 0.15) is 5.75 Å². The monoisotopic (exact) mass is 384 g/mol. The van der Waals surface area contributed by atoms with Gasteiger partial charge in [-0.1, -0.05) is 13.0 Å². The molecule has 0 aromatic heterocycles. The Morgan fingerprint density at radius 1 is 1.14 bits per heavy atom. The Balaban J connectivity index is 1.39. The highest BCUT2D eigenvalue weighted by Gasteiger charge is 2.56. The number of ether oxygens (including phenoxy) is 3. The molecule has 3 aliphatic carbocycles. The zero-order valence-electron chi connectivity index (χ0n) is 17.1. The van der Waals surface area contributed by atoms with Gasteiger partial charge in [0, 0.05) is 18.6 Å². The van der Waals surface area contributed by atoms with Gasteiger partial charge in [0.2, 0.25) is 0 Å². The van der Waals surface area contributed by atoms with Gasteiger partial charge in [-0.25, -0.2) is 0 Å². The van der Waals surface area contributed by atoms with Crippen LogP contribution in [0.2, 0.25) is 0 Å². The van der Waals surface area contributed by atoms with Crippen LogP contribution in [0, 0.1) is 17.3 Å². The van der Waals surface area contributed by atoms with Crippen LogP contribution >= 0.6 is 0 Å². The van der Waals surface area contributed by atoms with E-state index in [0.717, 1.165) is 43.6 Å². The molecule has 0 radical (unpaired) electrons. The summed E-state index contributed by atoms with van der Waals surface area (Å²) in [5.41, 5.74) is 2.32. The molecular weight excluding hydrogens is 352 g/mol. The van der Waals surface area contributed by atoms with Crippen molar-refractivity contribution in [3.8, 4) is 5.75 Å². The van der Waals surface area contributed by atoms with Crippen molar-refractivity contribution in [2.24, 2.45) is 17.3 Å². The zero-order valence-corrected chi connectivity index (χ0v) is 17.1. The number of fused-ring (bicyclic) bond motifs is 5. The first kappa shape index (κ1) is 18.6. The van der Waals surface area contributed by atoms with Crippen molar-refractivity contribution in [1.82, 2.24) is 0 Å². The first-order valence-corrected chi connectivity index (χ1v) is 11.1. The predicted molar refractivity (Wildman–Crippen MR) is 107 cm³/mol. The van der Waals surface area contributed by atoms with E-state index in [-0.39, 0.29) is 17.8 Å². The second-order valence-electron chi connectivity index (χ2n) is 9.50. The third-order valence-electron chi connectivity index (χ3n) is 8.19. The standard InChI is InChI=1S/C24H32O4/c1-24-11-10-17-16-7-6-15(26-2)13-19(16)21(25)14-18(17)20(24)8-9-22(24)28-23-5-3-4-12-27-23/h6-7,13,17-18,20,22-23H,3-5,8-12,14H2,1-2H3/t17-,18-,20+,22+,23?,24+/m1/s1. The molecule has 28 heavy (non-hydrogen) atoms. The van der Waals surface area contributed by atoms with Crippen molar-refractivity contribution in [3.63, 3.8) is 0 Å². The molecule has 1 aromatic rings. The van der Waals surface area contributed by atoms with E-state index in [1.54, 1.807) is 7.11 Å². The number of methoxy groups -OCH3 is 1. The summed E-state index contributed by atoms with van der Waals surface area (Å²) in [6.45, 7) is 3.25. The summed E-state index contributed by atoms with van der Waals surface area (Å²) in [7, 11) is 1.67. The molecule has 4 nitrogen and oxygen atoms in total. The Morgan fingerprint density at radius 3 is 2.82 bits per heavy atom. The van der Waals surface area contributed by atoms with Crippen LogP contribution in [0.15, 0.2) is 18.2 Å². The summed E-state index contributed by atoms with van der Waals surface area (Å²) in [5.74, 6) is 2.60. The van der Waals surface area contributed by atoms with Crippen molar-refractivity contribution in [2.45, 2.75) is 76.6 Å². The molecule has 0 amide bonds. The number of hydrogen-bond donors (Lipinski definition) is 0. The second-order valence-corrected chi connectivity index (χ2v) is 9.50. The number of Topliss-reactive ketones (excluding diaryl/α,β-unsaturated/α-hetero) is 1. The van der Waals surface area contributed by atoms with Crippen LogP contribution in [-0.2, 0) is 9.47 Å². The van der Waals surface area contributed by atoms with Crippen molar-refractivity contribution in [1.29, 1.82) is 0 Å². The Kier molecular flexibility index (Phi) is 4.75. The largest absolute Gasteiger partial charge is 0.497 e. The number of ketones is 1. The van der Waals surface area contributed by atoms with E-state index < -0.39 is 0 Å². The number of rotatable bonds is 3. The van der Waals surface area contributed by atoms with Crippen LogP contribution in [-0.4, -0.2) is 31.9 Å². The fraction of sp³-hybridized carbons (Fsp3) is 0.708. The third-order valence-corrected chi connectivity index (χ3v) is 8.19. The van der Waals surface area contributed by atoms with Gasteiger partial charge in [0.05, 0.1) is 13.2 Å². The lowest BCUT2D eigenvalue weighted by Gasteiger charge is -2.50. The molecule has 0 spiro atoms. The Morgan fingerprint density at radius 2 is 2.04 bits per heavy atom. The summed E-state index contributed by atoms with van der Waals surface area (Å²) in [6, 6.07) is 6.11. The Bertz CT molecular complexity index is 753. The maximum absolute atomic E-state index is 13.0. The van der Waals surface area contributed by atoms with Gasteiger partial charge in [0.25, 0.3) is 0 Å². The van der Waals surface area contributed by atoms with Gasteiger partial charge >= 0.3 is 0 Å². The van der Waals surface area contributed by atoms with Crippen LogP contribution < -0.4 is 4.74 Å². The van der Waals surface area contributed by atoms with Crippen molar-refractivity contribution < 1.29 is 19.0 Å². The fourth-order valence-corrected chi connectivity index (χ4v) is 6.69. The summed E-state index contributed by atoms with van der Waals surface area (Å²) >= 11 is 0. The molecule has 2 saturated carbocycles. The van der Waals surface area contributed by atoms with Gasteiger partial charge in [-0.3, -0.25) is 4.79 Å². The van der Waals surface area contributed by atoms with Crippen LogP contribution in [0.3, 0.4) is 0 Å². The van der Waals surface area contributed by atoms with Crippen molar-refractivity contribution >= 4 is 5.78 Å². The van der Waals surface area contributed by atoms with Gasteiger partial charge in [-0.05, 0) is 85.8 Å². The van der Waals surface area contributed by atoms with Crippen LogP contribution in [0.25, 0.3) is 0 Å². The van der Waals surface area contributed by atoms with Crippen molar-refractivity contribution in [2.75, 3.05) is 13.7 Å². The minimum Gasteiger partial charge on any atom is -0.497 e. The van der Waals surface area contributed by atoms with E-state index in [1.165, 1.54) is 24.8 Å². The fourth-order valence-electron chi connectivity index (χ4n) is 6.69. The molecule has 1 aromatic carbocycles. The second kappa shape index (κ2) is 7.14. The van der Waals surface area contributed by atoms with E-state index >= 15 is 0 Å². The molecule has 3 fully saturated rings. The molecule has 0 N–H and O–H groups in total.